The molecule has 92 valence electrons. The summed E-state index contributed by atoms with van der Waals surface area (Å²) in [6.45, 7) is 2.31. The predicted octanol–water partition coefficient (Wildman–Crippen LogP) is 1.73. The first-order valence-corrected chi connectivity index (χ1v) is 6.31. The number of aliphatic carboxylic acids is 1. The van der Waals surface area contributed by atoms with E-state index in [1.807, 2.05) is 0 Å². The lowest BCUT2D eigenvalue weighted by Crippen LogP contribution is -2.34. The number of carboxylic acid groups (broad SMARTS) is 1. The Hall–Kier alpha value is -1.14. The number of hydrogen-bond donors (Lipinski definition) is 1. The molecule has 1 fully saturated rings. The van der Waals surface area contributed by atoms with Crippen molar-refractivity contribution in [2.24, 2.45) is 5.41 Å². The van der Waals surface area contributed by atoms with Crippen molar-refractivity contribution in [1.82, 2.24) is 9.88 Å². The molecule has 1 amide bonds. The summed E-state index contributed by atoms with van der Waals surface area (Å²) in [6.07, 6.45) is 0.463. The van der Waals surface area contributed by atoms with Crippen LogP contribution in [0.5, 0.6) is 0 Å². The molecule has 5 nitrogen and oxygen atoms in total. The van der Waals surface area contributed by atoms with Gasteiger partial charge in [0.1, 0.15) is 4.88 Å². The zero-order valence-corrected chi connectivity index (χ0v) is 10.7. The summed E-state index contributed by atoms with van der Waals surface area (Å²) in [5, 5.41) is 9.27. The van der Waals surface area contributed by atoms with E-state index in [0.717, 1.165) is 0 Å². The van der Waals surface area contributed by atoms with E-state index in [9.17, 15) is 9.59 Å². The van der Waals surface area contributed by atoms with Crippen molar-refractivity contribution in [3.8, 4) is 0 Å². The molecular weight excluding hydrogens is 264 g/mol. The van der Waals surface area contributed by atoms with Crippen LogP contribution >= 0.6 is 22.9 Å². The summed E-state index contributed by atoms with van der Waals surface area (Å²) in [5.41, 5.74) is 0.648. The standard InChI is InChI=1S/C10H11ClN2O3S/c1-10(9(15)16)2-3-13(4-10)8(14)6-7(11)12-5-17-6/h5H,2-4H2,1H3,(H,15,16). The van der Waals surface area contributed by atoms with Crippen molar-refractivity contribution in [2.75, 3.05) is 13.1 Å². The van der Waals surface area contributed by atoms with Crippen molar-refractivity contribution >= 4 is 34.8 Å². The molecule has 0 bridgehead atoms. The fourth-order valence-electron chi connectivity index (χ4n) is 1.82. The van der Waals surface area contributed by atoms with Crippen molar-refractivity contribution in [1.29, 1.82) is 0 Å². The molecule has 1 aromatic rings. The minimum absolute atomic E-state index is 0.184. The highest BCUT2D eigenvalue weighted by molar-refractivity contribution is 7.12. The highest BCUT2D eigenvalue weighted by Gasteiger charge is 2.42. The molecule has 1 aliphatic heterocycles. The number of thiazole rings is 1. The van der Waals surface area contributed by atoms with E-state index >= 15 is 0 Å². The Morgan fingerprint density at radius 1 is 1.65 bits per heavy atom. The van der Waals surface area contributed by atoms with Gasteiger partial charge in [0.15, 0.2) is 5.15 Å². The van der Waals surface area contributed by atoms with E-state index in [1.54, 1.807) is 6.92 Å². The monoisotopic (exact) mass is 274 g/mol. The van der Waals surface area contributed by atoms with E-state index in [-0.39, 0.29) is 17.6 Å². The molecule has 1 aliphatic rings. The van der Waals surface area contributed by atoms with Crippen LogP contribution in [0.15, 0.2) is 5.51 Å². The molecule has 1 unspecified atom stereocenters. The number of halogens is 1. The Balaban J connectivity index is 2.15. The van der Waals surface area contributed by atoms with Crippen LogP contribution in [0.3, 0.4) is 0 Å². The molecule has 1 atom stereocenters. The highest BCUT2D eigenvalue weighted by atomic mass is 35.5. The van der Waals surface area contributed by atoms with Crippen molar-refractivity contribution < 1.29 is 14.7 Å². The quantitative estimate of drug-likeness (QED) is 0.892. The van der Waals surface area contributed by atoms with Crippen LogP contribution in [-0.2, 0) is 4.79 Å². The van der Waals surface area contributed by atoms with E-state index in [4.69, 9.17) is 16.7 Å². The molecule has 7 heteroatoms. The summed E-state index contributed by atoms with van der Waals surface area (Å²) in [5.74, 6) is -1.11. The molecule has 0 radical (unpaired) electrons. The van der Waals surface area contributed by atoms with E-state index in [0.29, 0.717) is 17.8 Å². The summed E-state index contributed by atoms with van der Waals surface area (Å²) in [4.78, 5) is 28.8. The number of amides is 1. The molecule has 0 aliphatic carbocycles. The maximum absolute atomic E-state index is 12.1. The normalized spacial score (nSPS) is 24.0. The van der Waals surface area contributed by atoms with Crippen LogP contribution in [0.4, 0.5) is 0 Å². The second-order valence-corrected chi connectivity index (χ2v) is 5.53. The number of aromatic nitrogens is 1. The lowest BCUT2D eigenvalue weighted by Gasteiger charge is -2.19. The van der Waals surface area contributed by atoms with E-state index < -0.39 is 11.4 Å². The molecule has 0 saturated carbocycles. The summed E-state index contributed by atoms with van der Waals surface area (Å²) >= 11 is 6.95. The Kier molecular flexibility index (Phi) is 3.09. The lowest BCUT2D eigenvalue weighted by molar-refractivity contribution is -0.147. The predicted molar refractivity (Wildman–Crippen MR) is 63.4 cm³/mol. The summed E-state index contributed by atoms with van der Waals surface area (Å²) in [6, 6.07) is 0. The fourth-order valence-corrected chi connectivity index (χ4v) is 2.79. The fraction of sp³-hybridized carbons (Fsp3) is 0.500. The zero-order chi connectivity index (χ0) is 12.6. The minimum Gasteiger partial charge on any atom is -0.481 e. The van der Waals surface area contributed by atoms with Gasteiger partial charge >= 0.3 is 5.97 Å². The van der Waals surface area contributed by atoms with Crippen LogP contribution in [0.25, 0.3) is 0 Å². The number of carbonyl (C=O) groups is 2. The van der Waals surface area contributed by atoms with Crippen LogP contribution in [0.1, 0.15) is 23.0 Å². The number of carboxylic acids is 1. The largest absolute Gasteiger partial charge is 0.481 e. The van der Waals surface area contributed by atoms with Crippen LogP contribution in [-0.4, -0.2) is 40.0 Å². The first-order valence-electron chi connectivity index (χ1n) is 5.06. The minimum atomic E-state index is -0.872. The van der Waals surface area contributed by atoms with Gasteiger partial charge in [-0.2, -0.15) is 0 Å². The molecule has 2 heterocycles. The first kappa shape index (κ1) is 12.3. The molecular formula is C10H11ClN2O3S. The van der Waals surface area contributed by atoms with Crippen LogP contribution in [0.2, 0.25) is 5.15 Å². The molecule has 1 saturated heterocycles. The highest BCUT2D eigenvalue weighted by Crippen LogP contribution is 2.32. The lowest BCUT2D eigenvalue weighted by atomic mass is 9.90. The van der Waals surface area contributed by atoms with E-state index in [2.05, 4.69) is 4.98 Å². The third-order valence-electron chi connectivity index (χ3n) is 3.00. The molecule has 1 N–H and O–H groups in total. The number of carbonyl (C=O) groups excluding carboxylic acids is 1. The average molecular weight is 275 g/mol. The van der Waals surface area contributed by atoms with Gasteiger partial charge in [-0.05, 0) is 13.3 Å². The zero-order valence-electron chi connectivity index (χ0n) is 9.14. The van der Waals surface area contributed by atoms with E-state index in [1.165, 1.54) is 21.7 Å². The second-order valence-electron chi connectivity index (χ2n) is 4.31. The molecule has 1 aromatic heterocycles. The molecule has 17 heavy (non-hydrogen) atoms. The third-order valence-corrected chi connectivity index (χ3v) is 4.21. The first-order chi connectivity index (χ1) is 7.94. The summed E-state index contributed by atoms with van der Waals surface area (Å²) < 4.78 is 0. The van der Waals surface area contributed by atoms with Gasteiger partial charge in [0.05, 0.1) is 10.9 Å². The Bertz CT molecular complexity index is 476. The Morgan fingerprint density at radius 2 is 2.35 bits per heavy atom. The Labute approximate surface area is 107 Å². The molecule has 0 aromatic carbocycles. The van der Waals surface area contributed by atoms with Gasteiger partial charge in [0.2, 0.25) is 0 Å². The molecule has 2 rings (SSSR count). The van der Waals surface area contributed by atoms with Gasteiger partial charge in [-0.3, -0.25) is 9.59 Å². The number of nitrogens with zero attached hydrogens (tertiary/aromatic N) is 2. The maximum atomic E-state index is 12.1. The van der Waals surface area contributed by atoms with Crippen molar-refractivity contribution in [3.63, 3.8) is 0 Å². The van der Waals surface area contributed by atoms with Gasteiger partial charge in [-0.1, -0.05) is 11.6 Å². The van der Waals surface area contributed by atoms with Crippen molar-refractivity contribution in [2.45, 2.75) is 13.3 Å². The van der Waals surface area contributed by atoms with Gasteiger partial charge < -0.3 is 10.0 Å². The number of rotatable bonds is 2. The second kappa shape index (κ2) is 4.27. The Morgan fingerprint density at radius 3 is 2.82 bits per heavy atom. The van der Waals surface area contributed by atoms with Crippen molar-refractivity contribution in [3.05, 3.63) is 15.5 Å². The SMILES string of the molecule is CC1(C(=O)O)CCN(C(=O)c2scnc2Cl)C1. The van der Waals surface area contributed by atoms with Gasteiger partial charge in [-0.25, -0.2) is 4.98 Å². The van der Waals surface area contributed by atoms with Gasteiger partial charge in [-0.15, -0.1) is 11.3 Å². The van der Waals surface area contributed by atoms with Crippen LogP contribution in [0, 0.1) is 5.41 Å². The maximum Gasteiger partial charge on any atom is 0.311 e. The van der Waals surface area contributed by atoms with Gasteiger partial charge in [0.25, 0.3) is 5.91 Å². The smallest absolute Gasteiger partial charge is 0.311 e. The number of hydrogen-bond acceptors (Lipinski definition) is 4. The topological polar surface area (TPSA) is 70.5 Å². The van der Waals surface area contributed by atoms with Gasteiger partial charge in [0, 0.05) is 13.1 Å². The average Bonchev–Trinajstić information content (AvgIpc) is 2.85. The molecule has 0 spiro atoms. The summed E-state index contributed by atoms with van der Waals surface area (Å²) in [7, 11) is 0. The third kappa shape index (κ3) is 2.14. The number of likely N-dealkylation sites (tertiary alicyclic amines) is 1. The van der Waals surface area contributed by atoms with Crippen LogP contribution < -0.4 is 0 Å².